The van der Waals surface area contributed by atoms with E-state index >= 15 is 0 Å². The van der Waals surface area contributed by atoms with Gasteiger partial charge in [0.25, 0.3) is 0 Å². The Bertz CT molecular complexity index is 201. The first kappa shape index (κ1) is 11.9. The summed E-state index contributed by atoms with van der Waals surface area (Å²) >= 11 is 0. The summed E-state index contributed by atoms with van der Waals surface area (Å²) in [5.74, 6) is -2.53. The van der Waals surface area contributed by atoms with Gasteiger partial charge in [0.05, 0.1) is 0 Å². The van der Waals surface area contributed by atoms with Gasteiger partial charge in [-0.15, -0.1) is 0 Å². The van der Waals surface area contributed by atoms with Gasteiger partial charge in [-0.05, 0) is 6.92 Å². The Morgan fingerprint density at radius 3 is 2.23 bits per heavy atom. The van der Waals surface area contributed by atoms with E-state index in [4.69, 9.17) is 15.3 Å². The third-order valence-electron chi connectivity index (χ3n) is 1.56. The molecule has 0 aromatic heterocycles. The lowest BCUT2D eigenvalue weighted by Gasteiger charge is -2.23. The molecule has 13 heavy (non-hydrogen) atoms. The van der Waals surface area contributed by atoms with Crippen LogP contribution in [0.4, 0.5) is 0 Å². The van der Waals surface area contributed by atoms with Crippen molar-refractivity contribution in [1.29, 1.82) is 0 Å². The van der Waals surface area contributed by atoms with Gasteiger partial charge in [-0.2, -0.15) is 0 Å². The van der Waals surface area contributed by atoms with Gasteiger partial charge in [-0.1, -0.05) is 0 Å². The Morgan fingerprint density at radius 2 is 1.92 bits per heavy atom. The number of hydrogen-bond donors (Lipinski definition) is 3. The Labute approximate surface area is 74.7 Å². The van der Waals surface area contributed by atoms with Crippen molar-refractivity contribution in [2.45, 2.75) is 18.9 Å². The van der Waals surface area contributed by atoms with Crippen molar-refractivity contribution in [2.75, 3.05) is 13.2 Å². The smallest absolute Gasteiger partial charge is 0.335 e. The molecule has 0 radical (unpaired) electrons. The van der Waals surface area contributed by atoms with Crippen LogP contribution in [0.15, 0.2) is 0 Å². The maximum atomic E-state index is 10.6. The molecule has 0 rings (SSSR count). The molecule has 0 aliphatic carbocycles. The van der Waals surface area contributed by atoms with Crippen molar-refractivity contribution in [1.82, 2.24) is 0 Å². The molecule has 0 unspecified atom stereocenters. The third-order valence-corrected chi connectivity index (χ3v) is 1.56. The average molecular weight is 192 g/mol. The second-order valence-corrected chi connectivity index (χ2v) is 2.69. The van der Waals surface area contributed by atoms with Gasteiger partial charge < -0.3 is 20.1 Å². The van der Waals surface area contributed by atoms with Crippen LogP contribution in [-0.4, -0.2) is 46.1 Å². The molecule has 0 aromatic rings. The highest BCUT2D eigenvalue weighted by atomic mass is 16.5. The lowest BCUT2D eigenvalue weighted by atomic mass is 10.0. The summed E-state index contributed by atoms with van der Waals surface area (Å²) in [6.07, 6.45) is -0.143. The second-order valence-electron chi connectivity index (χ2n) is 2.69. The van der Waals surface area contributed by atoms with Crippen molar-refractivity contribution < 1.29 is 29.6 Å². The fourth-order valence-corrected chi connectivity index (χ4v) is 0.675. The molecular formula is C7H12O6. The minimum absolute atomic E-state index is 0.143. The molecule has 0 amide bonds. The maximum absolute atomic E-state index is 10.6. The van der Waals surface area contributed by atoms with E-state index in [2.05, 4.69) is 4.74 Å². The van der Waals surface area contributed by atoms with Crippen LogP contribution in [0.5, 0.6) is 0 Å². The Morgan fingerprint density at radius 1 is 1.38 bits per heavy atom. The number of carboxylic acid groups (broad SMARTS) is 2. The number of aliphatic carboxylic acids is 2. The van der Waals surface area contributed by atoms with E-state index < -0.39 is 24.1 Å². The summed E-state index contributed by atoms with van der Waals surface area (Å²) in [6.45, 7) is 0.152. The molecule has 6 heteroatoms. The van der Waals surface area contributed by atoms with Crippen molar-refractivity contribution >= 4 is 11.9 Å². The molecule has 0 heterocycles. The van der Waals surface area contributed by atoms with Crippen LogP contribution in [0, 0.1) is 0 Å². The van der Waals surface area contributed by atoms with Crippen LogP contribution in [-0.2, 0) is 14.3 Å². The first-order valence-corrected chi connectivity index (χ1v) is 3.62. The summed E-state index contributed by atoms with van der Waals surface area (Å²) in [5, 5.41) is 25.4. The van der Waals surface area contributed by atoms with E-state index in [1.54, 1.807) is 0 Å². The number of carbonyl (C=O) groups is 2. The minimum Gasteiger partial charge on any atom is -0.480 e. The van der Waals surface area contributed by atoms with Crippen LogP contribution < -0.4 is 0 Å². The van der Waals surface area contributed by atoms with Crippen molar-refractivity contribution in [2.24, 2.45) is 0 Å². The quantitative estimate of drug-likeness (QED) is 0.514. The van der Waals surface area contributed by atoms with Crippen LogP contribution >= 0.6 is 0 Å². The molecular weight excluding hydrogens is 180 g/mol. The summed E-state index contributed by atoms with van der Waals surface area (Å²) in [6, 6.07) is 0. The fraction of sp³-hybridized carbons (Fsp3) is 0.714. The van der Waals surface area contributed by atoms with Crippen molar-refractivity contribution in [3.05, 3.63) is 0 Å². The molecule has 76 valence electrons. The van der Waals surface area contributed by atoms with Crippen LogP contribution in [0.1, 0.15) is 13.3 Å². The highest BCUT2D eigenvalue weighted by Gasteiger charge is 2.34. The first-order chi connectivity index (χ1) is 5.92. The molecule has 0 aliphatic rings. The van der Waals surface area contributed by atoms with Crippen molar-refractivity contribution in [3.63, 3.8) is 0 Å². The normalized spacial score (nSPS) is 14.9. The Balaban J connectivity index is 4.24. The van der Waals surface area contributed by atoms with Crippen molar-refractivity contribution in [3.8, 4) is 0 Å². The third kappa shape index (κ3) is 3.86. The monoisotopic (exact) mass is 192 g/mol. The molecule has 1 atom stereocenters. The second kappa shape index (κ2) is 4.78. The number of aliphatic hydroxyl groups is 1. The van der Waals surface area contributed by atoms with Crippen LogP contribution in [0.2, 0.25) is 0 Å². The number of aliphatic hydroxyl groups excluding tert-OH is 1. The van der Waals surface area contributed by atoms with Gasteiger partial charge in [0.2, 0.25) is 0 Å². The standard InChI is InChI=1S/C7H12O6/c1-7(2-3-8,6(11)12)13-4-5(9)10/h8H,2-4H2,1H3,(H,9,10)(H,11,12)/t7-/m1/s1. The predicted molar refractivity (Wildman–Crippen MR) is 41.3 cm³/mol. The summed E-state index contributed by atoms with van der Waals surface area (Å²) in [7, 11) is 0. The number of hydrogen-bond acceptors (Lipinski definition) is 4. The van der Waals surface area contributed by atoms with E-state index in [0.717, 1.165) is 0 Å². The SMILES string of the molecule is C[C@](CCO)(OCC(=O)O)C(=O)O. The van der Waals surface area contributed by atoms with Crippen LogP contribution in [0.25, 0.3) is 0 Å². The van der Waals surface area contributed by atoms with E-state index in [1.165, 1.54) is 6.92 Å². The lowest BCUT2D eigenvalue weighted by molar-refractivity contribution is -0.171. The molecule has 0 spiro atoms. The van der Waals surface area contributed by atoms with E-state index in [-0.39, 0.29) is 13.0 Å². The van der Waals surface area contributed by atoms with Gasteiger partial charge in [-0.25, -0.2) is 9.59 Å². The molecule has 3 N–H and O–H groups in total. The largest absolute Gasteiger partial charge is 0.480 e. The highest BCUT2D eigenvalue weighted by molar-refractivity contribution is 5.77. The van der Waals surface area contributed by atoms with Gasteiger partial charge >= 0.3 is 11.9 Å². The van der Waals surface area contributed by atoms with Gasteiger partial charge in [-0.3, -0.25) is 0 Å². The zero-order chi connectivity index (χ0) is 10.5. The topological polar surface area (TPSA) is 104 Å². The number of ether oxygens (including phenoxy) is 1. The maximum Gasteiger partial charge on any atom is 0.335 e. The van der Waals surface area contributed by atoms with Gasteiger partial charge in [0, 0.05) is 13.0 Å². The summed E-state index contributed by atoms with van der Waals surface area (Å²) < 4.78 is 4.63. The van der Waals surface area contributed by atoms with Gasteiger partial charge in [0.1, 0.15) is 6.61 Å². The molecule has 0 saturated carbocycles. The van der Waals surface area contributed by atoms with Gasteiger partial charge in [0.15, 0.2) is 5.60 Å². The Kier molecular flexibility index (Phi) is 4.36. The zero-order valence-electron chi connectivity index (χ0n) is 7.19. The van der Waals surface area contributed by atoms with Crippen LogP contribution in [0.3, 0.4) is 0 Å². The molecule has 0 fully saturated rings. The lowest BCUT2D eigenvalue weighted by Crippen LogP contribution is -2.40. The Hall–Kier alpha value is -1.14. The molecule has 0 saturated heterocycles. The summed E-state index contributed by atoms with van der Waals surface area (Å²) in [4.78, 5) is 20.7. The van der Waals surface area contributed by atoms with E-state index in [1.807, 2.05) is 0 Å². The molecule has 0 aliphatic heterocycles. The van der Waals surface area contributed by atoms with E-state index in [0.29, 0.717) is 0 Å². The first-order valence-electron chi connectivity index (χ1n) is 3.62. The number of carboxylic acids is 2. The number of rotatable bonds is 6. The molecule has 6 nitrogen and oxygen atoms in total. The predicted octanol–water partition coefficient (Wildman–Crippen LogP) is -0.687. The minimum atomic E-state index is -1.63. The zero-order valence-corrected chi connectivity index (χ0v) is 7.19. The van der Waals surface area contributed by atoms with E-state index in [9.17, 15) is 9.59 Å². The molecule has 0 aromatic carbocycles. The summed E-state index contributed by atoms with van der Waals surface area (Å²) in [5.41, 5.74) is -1.63. The fourth-order valence-electron chi connectivity index (χ4n) is 0.675. The molecule has 0 bridgehead atoms. The highest BCUT2D eigenvalue weighted by Crippen LogP contribution is 2.14. The average Bonchev–Trinajstić information content (AvgIpc) is 2.01.